The first kappa shape index (κ1) is 28.4. The minimum Gasteiger partial charge on any atom is -0.497 e. The lowest BCUT2D eigenvalue weighted by Gasteiger charge is -2.14. The molecule has 214 valence electrons. The molecule has 0 aliphatic carbocycles. The molecule has 0 fully saturated rings. The van der Waals surface area contributed by atoms with Gasteiger partial charge < -0.3 is 29.0 Å². The molecule has 42 heavy (non-hydrogen) atoms. The summed E-state index contributed by atoms with van der Waals surface area (Å²) >= 11 is 1.44. The summed E-state index contributed by atoms with van der Waals surface area (Å²) in [5.41, 5.74) is 3.27. The number of rotatable bonds is 10. The number of aromatic nitrogens is 3. The molecule has 0 radical (unpaired) electrons. The van der Waals surface area contributed by atoms with Crippen molar-refractivity contribution in [2.45, 2.75) is 0 Å². The van der Waals surface area contributed by atoms with Crippen LogP contribution in [-0.2, 0) is 4.79 Å². The second-order valence-corrected chi connectivity index (χ2v) is 9.78. The van der Waals surface area contributed by atoms with Crippen molar-refractivity contribution in [1.29, 1.82) is 0 Å². The van der Waals surface area contributed by atoms with E-state index in [0.29, 0.717) is 44.8 Å². The standard InChI is InChI=1S/C31H28N4O6S/c1-37-21-10-6-18(7-11-21)29-33-23(27-31(35-29)42-30(34-27)19-8-12-22(38-2)13-9-19)14-15-26(36)32-20-16-24(39-3)28(41-5)25(17-20)40-4/h6-17H,1-5H3,(H,32,36)/b15-14+. The number of hydrogen-bond donors (Lipinski definition) is 1. The molecule has 5 aromatic rings. The zero-order valence-electron chi connectivity index (χ0n) is 23.6. The van der Waals surface area contributed by atoms with Gasteiger partial charge in [0.25, 0.3) is 0 Å². The minimum atomic E-state index is -0.382. The van der Waals surface area contributed by atoms with Crippen LogP contribution in [0.25, 0.3) is 38.4 Å². The molecule has 0 atom stereocenters. The summed E-state index contributed by atoms with van der Waals surface area (Å²) in [5, 5.41) is 3.60. The number of benzene rings is 3. The molecule has 1 amide bonds. The van der Waals surface area contributed by atoms with Crippen LogP contribution in [-0.4, -0.2) is 56.4 Å². The van der Waals surface area contributed by atoms with E-state index in [1.165, 1.54) is 38.7 Å². The predicted octanol–water partition coefficient (Wildman–Crippen LogP) is 6.12. The Hall–Kier alpha value is -5.16. The molecule has 2 heterocycles. The Balaban J connectivity index is 1.51. The average Bonchev–Trinajstić information content (AvgIpc) is 3.47. The predicted molar refractivity (Wildman–Crippen MR) is 163 cm³/mol. The van der Waals surface area contributed by atoms with Gasteiger partial charge in [0.15, 0.2) is 17.3 Å². The van der Waals surface area contributed by atoms with Crippen LogP contribution in [0.3, 0.4) is 0 Å². The van der Waals surface area contributed by atoms with Crippen molar-refractivity contribution >= 4 is 39.4 Å². The van der Waals surface area contributed by atoms with Gasteiger partial charge in [0.05, 0.1) is 41.2 Å². The van der Waals surface area contributed by atoms with Gasteiger partial charge in [0.2, 0.25) is 11.7 Å². The van der Waals surface area contributed by atoms with E-state index in [0.717, 1.165) is 27.6 Å². The van der Waals surface area contributed by atoms with Gasteiger partial charge in [-0.15, -0.1) is 0 Å². The molecule has 0 saturated carbocycles. The van der Waals surface area contributed by atoms with Gasteiger partial charge in [0.1, 0.15) is 26.9 Å². The zero-order valence-corrected chi connectivity index (χ0v) is 24.4. The third kappa shape index (κ3) is 5.96. The highest BCUT2D eigenvalue weighted by atomic mass is 32.1. The molecule has 0 aliphatic heterocycles. The van der Waals surface area contributed by atoms with E-state index in [1.807, 2.05) is 48.5 Å². The number of nitrogens with zero attached hydrogens (tertiary/aromatic N) is 3. The fraction of sp³-hybridized carbons (Fsp3) is 0.161. The maximum Gasteiger partial charge on any atom is 0.248 e. The van der Waals surface area contributed by atoms with Gasteiger partial charge in [-0.05, 0) is 54.6 Å². The Labute approximate surface area is 246 Å². The van der Waals surface area contributed by atoms with Crippen LogP contribution in [0.15, 0.2) is 66.7 Å². The Morgan fingerprint density at radius 3 is 1.88 bits per heavy atom. The maximum absolute atomic E-state index is 13.0. The average molecular weight is 585 g/mol. The van der Waals surface area contributed by atoms with Gasteiger partial charge in [-0.2, -0.15) is 0 Å². The summed E-state index contributed by atoms with van der Waals surface area (Å²) in [4.78, 5) is 28.1. The Morgan fingerprint density at radius 1 is 0.738 bits per heavy atom. The SMILES string of the molecule is COc1ccc(-c2nc(/C=C/C(=O)Nc3cc(OC)c(OC)c(OC)c3)c3nc(-c4ccc(OC)cc4)sc3n2)cc1. The van der Waals surface area contributed by atoms with Crippen molar-refractivity contribution in [3.8, 4) is 50.7 Å². The summed E-state index contributed by atoms with van der Waals surface area (Å²) in [6, 6.07) is 18.4. The smallest absolute Gasteiger partial charge is 0.248 e. The molecular formula is C31H28N4O6S. The monoisotopic (exact) mass is 584 g/mol. The number of fused-ring (bicyclic) bond motifs is 1. The van der Waals surface area contributed by atoms with Crippen molar-refractivity contribution in [1.82, 2.24) is 15.0 Å². The Morgan fingerprint density at radius 2 is 1.33 bits per heavy atom. The van der Waals surface area contributed by atoms with Crippen molar-refractivity contribution in [3.05, 3.63) is 72.4 Å². The number of methoxy groups -OCH3 is 5. The van der Waals surface area contributed by atoms with Gasteiger partial charge in [0, 0.05) is 35.0 Å². The second-order valence-electron chi connectivity index (χ2n) is 8.80. The number of anilines is 1. The molecule has 5 rings (SSSR count). The normalized spacial score (nSPS) is 11.0. The molecular weight excluding hydrogens is 556 g/mol. The third-order valence-electron chi connectivity index (χ3n) is 6.30. The fourth-order valence-electron chi connectivity index (χ4n) is 4.18. The third-order valence-corrected chi connectivity index (χ3v) is 7.29. The summed E-state index contributed by atoms with van der Waals surface area (Å²) in [5.74, 6) is 2.87. The van der Waals surface area contributed by atoms with E-state index in [9.17, 15) is 4.79 Å². The number of thiazole rings is 1. The molecule has 2 aromatic heterocycles. The first-order valence-electron chi connectivity index (χ1n) is 12.7. The first-order chi connectivity index (χ1) is 20.5. The van der Waals surface area contributed by atoms with E-state index in [1.54, 1.807) is 32.4 Å². The number of amides is 1. The van der Waals surface area contributed by atoms with Gasteiger partial charge in [-0.3, -0.25) is 4.79 Å². The highest BCUT2D eigenvalue weighted by Gasteiger charge is 2.16. The van der Waals surface area contributed by atoms with Crippen LogP contribution in [0.1, 0.15) is 5.69 Å². The molecule has 0 unspecified atom stereocenters. The summed E-state index contributed by atoms with van der Waals surface area (Å²) in [6.45, 7) is 0. The van der Waals surface area contributed by atoms with E-state index >= 15 is 0 Å². The number of nitrogens with one attached hydrogen (secondary N) is 1. The van der Waals surface area contributed by atoms with Crippen LogP contribution in [0.2, 0.25) is 0 Å². The van der Waals surface area contributed by atoms with E-state index in [-0.39, 0.29) is 5.91 Å². The summed E-state index contributed by atoms with van der Waals surface area (Å²) in [7, 11) is 7.78. The second kappa shape index (κ2) is 12.6. The maximum atomic E-state index is 13.0. The number of carbonyl (C=O) groups is 1. The van der Waals surface area contributed by atoms with E-state index in [4.69, 9.17) is 38.6 Å². The molecule has 0 spiro atoms. The lowest BCUT2D eigenvalue weighted by molar-refractivity contribution is -0.111. The van der Waals surface area contributed by atoms with Crippen molar-refractivity contribution in [2.75, 3.05) is 40.9 Å². The highest BCUT2D eigenvalue weighted by molar-refractivity contribution is 7.21. The molecule has 10 nitrogen and oxygen atoms in total. The molecule has 3 aromatic carbocycles. The molecule has 11 heteroatoms. The van der Waals surface area contributed by atoms with Crippen LogP contribution in [0, 0.1) is 0 Å². The number of hydrogen-bond acceptors (Lipinski definition) is 10. The fourth-order valence-corrected chi connectivity index (χ4v) is 5.13. The highest BCUT2D eigenvalue weighted by Crippen LogP contribution is 2.40. The van der Waals surface area contributed by atoms with Gasteiger partial charge in [-0.25, -0.2) is 15.0 Å². The van der Waals surface area contributed by atoms with Gasteiger partial charge in [-0.1, -0.05) is 11.3 Å². The molecule has 1 N–H and O–H groups in total. The first-order valence-corrected chi connectivity index (χ1v) is 13.5. The quantitative estimate of drug-likeness (QED) is 0.194. The topological polar surface area (TPSA) is 114 Å². The summed E-state index contributed by atoms with van der Waals surface area (Å²) < 4.78 is 26.7. The van der Waals surface area contributed by atoms with E-state index in [2.05, 4.69) is 5.32 Å². The van der Waals surface area contributed by atoms with Crippen molar-refractivity contribution in [2.24, 2.45) is 0 Å². The zero-order chi connectivity index (χ0) is 29.6. The van der Waals surface area contributed by atoms with Crippen LogP contribution in [0.5, 0.6) is 28.7 Å². The lowest BCUT2D eigenvalue weighted by atomic mass is 10.2. The van der Waals surface area contributed by atoms with E-state index < -0.39 is 0 Å². The number of carbonyl (C=O) groups excluding carboxylic acids is 1. The van der Waals surface area contributed by atoms with Crippen LogP contribution < -0.4 is 29.0 Å². The largest absolute Gasteiger partial charge is 0.497 e. The molecule has 0 saturated heterocycles. The Bertz CT molecular complexity index is 1730. The molecule has 0 aliphatic rings. The van der Waals surface area contributed by atoms with Crippen molar-refractivity contribution in [3.63, 3.8) is 0 Å². The lowest BCUT2D eigenvalue weighted by Crippen LogP contribution is -2.08. The summed E-state index contributed by atoms with van der Waals surface area (Å²) in [6.07, 6.45) is 3.02. The van der Waals surface area contributed by atoms with Crippen LogP contribution in [0.4, 0.5) is 5.69 Å². The minimum absolute atomic E-state index is 0.382. The number of ether oxygens (including phenoxy) is 5. The Kier molecular flexibility index (Phi) is 8.49. The molecule has 0 bridgehead atoms. The van der Waals surface area contributed by atoms with Gasteiger partial charge >= 0.3 is 0 Å². The van der Waals surface area contributed by atoms with Crippen LogP contribution >= 0.6 is 11.3 Å². The van der Waals surface area contributed by atoms with Crippen molar-refractivity contribution < 1.29 is 28.5 Å².